The van der Waals surface area contributed by atoms with E-state index in [0.717, 1.165) is 44.6 Å². The highest BCUT2D eigenvalue weighted by Crippen LogP contribution is 2.40. The SMILES string of the molecule is O=C(O)C(=O)Oc1c(Cl)cc(Cl)c(Cl)c1C(=O)OCC1CCCCCC1. The van der Waals surface area contributed by atoms with E-state index in [-0.39, 0.29) is 33.2 Å². The summed E-state index contributed by atoms with van der Waals surface area (Å²) in [6.45, 7) is 0.186. The number of hydrogen-bond acceptors (Lipinski definition) is 5. The highest BCUT2D eigenvalue weighted by molar-refractivity contribution is 6.46. The fraction of sp³-hybridized carbons (Fsp3) is 0.471. The highest BCUT2D eigenvalue weighted by atomic mass is 35.5. The molecule has 1 aromatic carbocycles. The number of carboxylic acid groups (broad SMARTS) is 1. The zero-order valence-electron chi connectivity index (χ0n) is 13.7. The van der Waals surface area contributed by atoms with E-state index >= 15 is 0 Å². The number of hydrogen-bond donors (Lipinski definition) is 1. The van der Waals surface area contributed by atoms with Gasteiger partial charge in [-0.25, -0.2) is 14.4 Å². The lowest BCUT2D eigenvalue weighted by Crippen LogP contribution is -2.22. The van der Waals surface area contributed by atoms with Gasteiger partial charge in [0.1, 0.15) is 5.56 Å². The van der Waals surface area contributed by atoms with Crippen LogP contribution in [0.2, 0.25) is 15.1 Å². The van der Waals surface area contributed by atoms with Crippen LogP contribution in [0.25, 0.3) is 0 Å². The van der Waals surface area contributed by atoms with Gasteiger partial charge in [0.05, 0.1) is 21.7 Å². The molecule has 1 saturated carbocycles. The topological polar surface area (TPSA) is 89.9 Å². The summed E-state index contributed by atoms with van der Waals surface area (Å²) in [6, 6.07) is 1.15. The van der Waals surface area contributed by atoms with Crippen molar-refractivity contribution >= 4 is 52.7 Å². The highest BCUT2D eigenvalue weighted by Gasteiger charge is 2.28. The lowest BCUT2D eigenvalue weighted by molar-refractivity contribution is -0.158. The molecular formula is C17H17Cl3O6. The van der Waals surface area contributed by atoms with Crippen LogP contribution in [0.5, 0.6) is 5.75 Å². The van der Waals surface area contributed by atoms with Crippen molar-refractivity contribution in [3.05, 3.63) is 26.7 Å². The molecule has 0 spiro atoms. The molecule has 6 nitrogen and oxygen atoms in total. The van der Waals surface area contributed by atoms with Crippen molar-refractivity contribution in [3.63, 3.8) is 0 Å². The van der Waals surface area contributed by atoms with E-state index in [1.165, 1.54) is 0 Å². The molecule has 0 heterocycles. The second-order valence-corrected chi connectivity index (χ2v) is 7.20. The van der Waals surface area contributed by atoms with Crippen molar-refractivity contribution in [3.8, 4) is 5.75 Å². The van der Waals surface area contributed by atoms with E-state index < -0.39 is 23.7 Å². The summed E-state index contributed by atoms with van der Waals surface area (Å²) in [7, 11) is 0. The van der Waals surface area contributed by atoms with Gasteiger partial charge in [-0.3, -0.25) is 0 Å². The van der Waals surface area contributed by atoms with E-state index in [1.807, 2.05) is 0 Å². The van der Waals surface area contributed by atoms with Crippen molar-refractivity contribution in [1.29, 1.82) is 0 Å². The average Bonchev–Trinajstić information content (AvgIpc) is 2.86. The normalized spacial score (nSPS) is 15.2. The second kappa shape index (κ2) is 9.44. The maximum atomic E-state index is 12.5. The minimum absolute atomic E-state index is 0.0480. The summed E-state index contributed by atoms with van der Waals surface area (Å²) in [5.41, 5.74) is -0.368. The van der Waals surface area contributed by atoms with Crippen molar-refractivity contribution in [2.45, 2.75) is 38.5 Å². The fourth-order valence-electron chi connectivity index (χ4n) is 2.79. The molecule has 0 saturated heterocycles. The van der Waals surface area contributed by atoms with E-state index in [0.29, 0.717) is 0 Å². The van der Waals surface area contributed by atoms with Gasteiger partial charge < -0.3 is 14.6 Å². The Morgan fingerprint density at radius 1 is 1.04 bits per heavy atom. The first-order valence-electron chi connectivity index (χ1n) is 8.11. The molecule has 9 heteroatoms. The monoisotopic (exact) mass is 422 g/mol. The Kier molecular flexibility index (Phi) is 7.55. The van der Waals surface area contributed by atoms with Gasteiger partial charge in [-0.15, -0.1) is 0 Å². The molecule has 0 atom stereocenters. The Morgan fingerprint density at radius 3 is 2.23 bits per heavy atom. The van der Waals surface area contributed by atoms with Crippen molar-refractivity contribution < 1.29 is 29.0 Å². The standard InChI is InChI=1S/C17H17Cl3O6/c18-10-7-11(19)14(26-17(24)15(21)22)12(13(10)20)16(23)25-8-9-5-3-1-2-4-6-9/h7,9H,1-6,8H2,(H,21,22). The van der Waals surface area contributed by atoms with Crippen LogP contribution in [0.3, 0.4) is 0 Å². The Balaban J connectivity index is 2.23. The number of esters is 2. The Hall–Kier alpha value is -1.50. The van der Waals surface area contributed by atoms with Crippen LogP contribution in [0.15, 0.2) is 6.07 Å². The minimum atomic E-state index is -1.84. The maximum absolute atomic E-state index is 12.5. The van der Waals surface area contributed by atoms with Crippen LogP contribution >= 0.6 is 34.8 Å². The van der Waals surface area contributed by atoms with Gasteiger partial charge in [0.2, 0.25) is 0 Å². The summed E-state index contributed by atoms with van der Waals surface area (Å²) in [4.78, 5) is 34.6. The predicted molar refractivity (Wildman–Crippen MR) is 96.2 cm³/mol. The number of carboxylic acids is 1. The van der Waals surface area contributed by atoms with E-state index in [1.54, 1.807) is 0 Å². The van der Waals surface area contributed by atoms with Crippen LogP contribution in [0.1, 0.15) is 48.9 Å². The fourth-order valence-corrected chi connectivity index (χ4v) is 3.51. The summed E-state index contributed by atoms with van der Waals surface area (Å²) in [5, 5.41) is 8.19. The number of carbonyl (C=O) groups is 3. The molecule has 1 aliphatic rings. The molecule has 1 aromatic rings. The predicted octanol–water partition coefficient (Wildman–Crippen LogP) is 4.76. The molecular weight excluding hydrogens is 407 g/mol. The quantitative estimate of drug-likeness (QED) is 0.247. The number of halogens is 3. The smallest absolute Gasteiger partial charge is 0.422 e. The molecule has 0 aromatic heterocycles. The molecule has 1 fully saturated rings. The molecule has 1 N–H and O–H groups in total. The third-order valence-electron chi connectivity index (χ3n) is 4.12. The largest absolute Gasteiger partial charge is 0.473 e. The zero-order valence-corrected chi connectivity index (χ0v) is 16.0. The molecule has 0 amide bonds. The average molecular weight is 424 g/mol. The lowest BCUT2D eigenvalue weighted by atomic mass is 10.0. The van der Waals surface area contributed by atoms with Crippen molar-refractivity contribution in [2.24, 2.45) is 5.92 Å². The minimum Gasteiger partial charge on any atom is -0.473 e. The second-order valence-electron chi connectivity index (χ2n) is 6.01. The Morgan fingerprint density at radius 2 is 1.65 bits per heavy atom. The van der Waals surface area contributed by atoms with Gasteiger partial charge in [-0.2, -0.15) is 0 Å². The number of ether oxygens (including phenoxy) is 2. The number of carbonyl (C=O) groups excluding carboxylic acids is 2. The zero-order chi connectivity index (χ0) is 19.3. The first-order valence-corrected chi connectivity index (χ1v) is 9.24. The first kappa shape index (κ1) is 20.8. The number of aliphatic carboxylic acids is 1. The van der Waals surface area contributed by atoms with E-state index in [4.69, 9.17) is 49.4 Å². The molecule has 26 heavy (non-hydrogen) atoms. The molecule has 0 radical (unpaired) electrons. The number of rotatable bonds is 4. The van der Waals surface area contributed by atoms with Crippen LogP contribution in [-0.2, 0) is 14.3 Å². The lowest BCUT2D eigenvalue weighted by Gasteiger charge is -2.16. The molecule has 142 valence electrons. The Labute approximate surface area is 165 Å². The van der Waals surface area contributed by atoms with Crippen molar-refractivity contribution in [1.82, 2.24) is 0 Å². The number of benzene rings is 1. The van der Waals surface area contributed by atoms with Gasteiger partial charge in [0.25, 0.3) is 0 Å². The third-order valence-corrected chi connectivity index (χ3v) is 5.19. The molecule has 1 aliphatic carbocycles. The van der Waals surface area contributed by atoms with E-state index in [2.05, 4.69) is 0 Å². The first-order chi connectivity index (χ1) is 12.3. The van der Waals surface area contributed by atoms with Crippen LogP contribution in [0.4, 0.5) is 0 Å². The van der Waals surface area contributed by atoms with E-state index in [9.17, 15) is 14.4 Å². The summed E-state index contributed by atoms with van der Waals surface area (Å²) < 4.78 is 10.0. The molecule has 0 unspecified atom stereocenters. The van der Waals surface area contributed by atoms with Gasteiger partial charge in [-0.1, -0.05) is 60.5 Å². The Bertz CT molecular complexity index is 711. The molecule has 0 aliphatic heterocycles. The third kappa shape index (κ3) is 5.25. The summed E-state index contributed by atoms with van der Waals surface area (Å²) in [5.74, 6) is -4.58. The van der Waals surface area contributed by atoms with Crippen LogP contribution in [0, 0.1) is 5.92 Å². The molecule has 0 bridgehead atoms. The maximum Gasteiger partial charge on any atom is 0.422 e. The summed E-state index contributed by atoms with van der Waals surface area (Å²) in [6.07, 6.45) is 6.39. The van der Waals surface area contributed by atoms with Crippen LogP contribution in [-0.4, -0.2) is 29.6 Å². The van der Waals surface area contributed by atoms with Gasteiger partial charge in [0.15, 0.2) is 5.75 Å². The van der Waals surface area contributed by atoms with Gasteiger partial charge >= 0.3 is 17.9 Å². The van der Waals surface area contributed by atoms with Gasteiger partial charge in [-0.05, 0) is 24.8 Å². The van der Waals surface area contributed by atoms with Crippen molar-refractivity contribution in [2.75, 3.05) is 6.61 Å². The van der Waals surface area contributed by atoms with Crippen LogP contribution < -0.4 is 4.74 Å². The summed E-state index contributed by atoms with van der Waals surface area (Å²) >= 11 is 17.9. The molecule has 2 rings (SSSR count). The van der Waals surface area contributed by atoms with Gasteiger partial charge in [0, 0.05) is 0 Å².